The molecule has 0 saturated heterocycles. The molecule has 6 heteroatoms. The second-order valence-corrected chi connectivity index (χ2v) is 19.0. The summed E-state index contributed by atoms with van der Waals surface area (Å²) in [5.41, 5.74) is 9.66. The van der Waals surface area contributed by atoms with Crippen LogP contribution >= 0.6 is 11.3 Å². The van der Waals surface area contributed by atoms with E-state index in [1.165, 1.54) is 52.5 Å². The van der Waals surface area contributed by atoms with Crippen LogP contribution in [-0.2, 0) is 0 Å². The average Bonchev–Trinajstić information content (AvgIpc) is 4.08. The molecule has 69 heavy (non-hydrogen) atoms. The summed E-state index contributed by atoms with van der Waals surface area (Å²) in [4.78, 5) is 16.1. The van der Waals surface area contributed by atoms with Gasteiger partial charge in [0.05, 0.1) is 22.1 Å². The van der Waals surface area contributed by atoms with Crippen molar-refractivity contribution < 1.29 is 4.42 Å². The Morgan fingerprint density at radius 1 is 0.319 bits per heavy atom. The SMILES string of the molecule is c1ccc(-c2cccc(-c3nc(-c4cc(-n5c6cc7ccccc7cc6c6c7ccccc7ccc65)c5c(c4)oc4cc6ccccc6cc45)nc(-c4ccc5c(c4)sc4ccccc45)n3)c2)cc1. The molecule has 4 heterocycles. The van der Waals surface area contributed by atoms with E-state index in [4.69, 9.17) is 19.4 Å². The fraction of sp³-hybridized carbons (Fsp3) is 0. The summed E-state index contributed by atoms with van der Waals surface area (Å²) >= 11 is 1.79. The summed E-state index contributed by atoms with van der Waals surface area (Å²) in [6, 6.07) is 78.1. The van der Waals surface area contributed by atoms with Crippen molar-refractivity contribution in [3.63, 3.8) is 0 Å². The topological polar surface area (TPSA) is 56.7 Å². The van der Waals surface area contributed by atoms with Crippen LogP contribution in [0.15, 0.2) is 223 Å². The van der Waals surface area contributed by atoms with Crippen LogP contribution in [0.2, 0.25) is 0 Å². The lowest BCUT2D eigenvalue weighted by Gasteiger charge is -2.14. The van der Waals surface area contributed by atoms with Gasteiger partial charge in [-0.25, -0.2) is 15.0 Å². The standard InChI is InChI=1S/C63H36N4OS/c1-2-13-37(14-3-1)39-20-12-21-44(29-39)61-64-62(45-25-27-49-48-23-10-11-24-57(48)69-58(49)36-45)66-63(65-61)46-33-54(60-51-31-41-17-5-7-19-43(41)34-55(51)68-56(60)35-46)67-52-28-26-38-15-8-9-22-47(38)59(52)50-30-40-16-4-6-18-42(40)32-53(50)67/h1-36H. The molecule has 5 nitrogen and oxygen atoms in total. The average molecular weight is 897 g/mol. The second kappa shape index (κ2) is 14.8. The number of fused-ring (bicyclic) bond motifs is 13. The van der Waals surface area contributed by atoms with Gasteiger partial charge in [0.2, 0.25) is 0 Å². The minimum atomic E-state index is 0.557. The van der Waals surface area contributed by atoms with Crippen molar-refractivity contribution in [3.05, 3.63) is 218 Å². The molecule has 0 aliphatic rings. The summed E-state index contributed by atoms with van der Waals surface area (Å²) < 4.78 is 11.9. The molecule has 11 aromatic carbocycles. The van der Waals surface area contributed by atoms with E-state index in [1.54, 1.807) is 11.3 Å². The van der Waals surface area contributed by atoms with Crippen LogP contribution < -0.4 is 0 Å². The Morgan fingerprint density at radius 3 is 1.72 bits per heavy atom. The first kappa shape index (κ1) is 38.2. The number of furan rings is 1. The van der Waals surface area contributed by atoms with Crippen LogP contribution in [0.1, 0.15) is 0 Å². The summed E-state index contributed by atoms with van der Waals surface area (Å²) in [5, 5.41) is 14.0. The fourth-order valence-electron chi connectivity index (χ4n) is 10.7. The number of benzene rings is 11. The molecule has 15 rings (SSSR count). The number of aromatic nitrogens is 4. The van der Waals surface area contributed by atoms with Gasteiger partial charge in [0, 0.05) is 53.0 Å². The largest absolute Gasteiger partial charge is 0.456 e. The quantitative estimate of drug-likeness (QED) is 0.173. The molecule has 0 atom stereocenters. The molecule has 0 bridgehead atoms. The van der Waals surface area contributed by atoms with Crippen molar-refractivity contribution in [3.8, 4) is 51.0 Å². The van der Waals surface area contributed by atoms with Crippen molar-refractivity contribution in [2.24, 2.45) is 0 Å². The lowest BCUT2D eigenvalue weighted by molar-refractivity contribution is 0.669. The molecule has 320 valence electrons. The summed E-state index contributed by atoms with van der Waals surface area (Å²) in [6.07, 6.45) is 0. The minimum absolute atomic E-state index is 0.557. The van der Waals surface area contributed by atoms with Gasteiger partial charge in [-0.15, -0.1) is 11.3 Å². The molecule has 0 saturated carbocycles. The Labute approximate surface area is 398 Å². The first-order valence-corrected chi connectivity index (χ1v) is 24.0. The summed E-state index contributed by atoms with van der Waals surface area (Å²) in [6.45, 7) is 0. The fourth-order valence-corrected chi connectivity index (χ4v) is 11.8. The Balaban J connectivity index is 1.04. The molecule has 15 aromatic rings. The lowest BCUT2D eigenvalue weighted by atomic mass is 10.0. The van der Waals surface area contributed by atoms with Gasteiger partial charge in [-0.3, -0.25) is 0 Å². The number of nitrogens with zero attached hydrogens (tertiary/aromatic N) is 4. The zero-order chi connectivity index (χ0) is 45.2. The molecule has 0 amide bonds. The molecule has 0 aliphatic heterocycles. The van der Waals surface area contributed by atoms with Crippen molar-refractivity contribution in [1.29, 1.82) is 0 Å². The number of thiophene rings is 1. The molecule has 0 N–H and O–H groups in total. The van der Waals surface area contributed by atoms with Crippen molar-refractivity contribution in [2.45, 2.75) is 0 Å². The van der Waals surface area contributed by atoms with E-state index in [1.807, 2.05) is 6.07 Å². The molecule has 0 spiro atoms. The zero-order valence-corrected chi connectivity index (χ0v) is 37.7. The smallest absolute Gasteiger partial charge is 0.164 e. The highest BCUT2D eigenvalue weighted by molar-refractivity contribution is 7.25. The van der Waals surface area contributed by atoms with Gasteiger partial charge in [0.25, 0.3) is 0 Å². The Morgan fingerprint density at radius 2 is 0.928 bits per heavy atom. The third kappa shape index (κ3) is 5.99. The predicted octanol–water partition coefficient (Wildman–Crippen LogP) is 17.4. The van der Waals surface area contributed by atoms with E-state index in [0.717, 1.165) is 77.2 Å². The van der Waals surface area contributed by atoms with Crippen molar-refractivity contribution in [2.75, 3.05) is 0 Å². The lowest BCUT2D eigenvalue weighted by Crippen LogP contribution is -2.02. The predicted molar refractivity (Wildman–Crippen MR) is 289 cm³/mol. The van der Waals surface area contributed by atoms with E-state index in [2.05, 4.69) is 217 Å². The molecule has 4 aromatic heterocycles. The Kier molecular flexibility index (Phi) is 8.17. The molecule has 0 unspecified atom stereocenters. The highest BCUT2D eigenvalue weighted by atomic mass is 32.1. The van der Waals surface area contributed by atoms with Crippen LogP contribution in [0.4, 0.5) is 0 Å². The van der Waals surface area contributed by atoms with Gasteiger partial charge in [0.1, 0.15) is 11.2 Å². The van der Waals surface area contributed by atoms with Gasteiger partial charge in [0.15, 0.2) is 17.5 Å². The van der Waals surface area contributed by atoms with Crippen LogP contribution in [0.25, 0.3) is 147 Å². The normalized spacial score (nSPS) is 12.1. The zero-order valence-electron chi connectivity index (χ0n) is 36.9. The Bertz CT molecular complexity index is 4620. The van der Waals surface area contributed by atoms with Crippen molar-refractivity contribution in [1.82, 2.24) is 19.5 Å². The number of rotatable bonds is 5. The van der Waals surface area contributed by atoms with Gasteiger partial charge in [-0.05, 0) is 104 Å². The van der Waals surface area contributed by atoms with Gasteiger partial charge < -0.3 is 8.98 Å². The Hall–Kier alpha value is -8.97. The summed E-state index contributed by atoms with van der Waals surface area (Å²) in [5.74, 6) is 1.75. The van der Waals surface area contributed by atoms with Crippen LogP contribution in [0.3, 0.4) is 0 Å². The maximum Gasteiger partial charge on any atom is 0.164 e. The maximum atomic E-state index is 7.01. The third-order valence-corrected chi connectivity index (χ3v) is 15.1. The van der Waals surface area contributed by atoms with E-state index in [-0.39, 0.29) is 0 Å². The highest BCUT2D eigenvalue weighted by Crippen LogP contribution is 2.45. The van der Waals surface area contributed by atoms with E-state index in [0.29, 0.717) is 17.5 Å². The van der Waals surface area contributed by atoms with Gasteiger partial charge in [-0.1, -0.05) is 158 Å². The van der Waals surface area contributed by atoms with Crippen molar-refractivity contribution >= 4 is 108 Å². The number of hydrogen-bond acceptors (Lipinski definition) is 5. The van der Waals surface area contributed by atoms with E-state index < -0.39 is 0 Å². The van der Waals surface area contributed by atoms with E-state index >= 15 is 0 Å². The van der Waals surface area contributed by atoms with Gasteiger partial charge >= 0.3 is 0 Å². The second-order valence-electron chi connectivity index (χ2n) is 18.0. The highest BCUT2D eigenvalue weighted by Gasteiger charge is 2.24. The molecule has 0 aliphatic carbocycles. The molecule has 0 fully saturated rings. The third-order valence-electron chi connectivity index (χ3n) is 13.9. The summed E-state index contributed by atoms with van der Waals surface area (Å²) in [7, 11) is 0. The van der Waals surface area contributed by atoms with Crippen LogP contribution in [-0.4, -0.2) is 19.5 Å². The van der Waals surface area contributed by atoms with Gasteiger partial charge in [-0.2, -0.15) is 0 Å². The first-order valence-electron chi connectivity index (χ1n) is 23.2. The first-order chi connectivity index (χ1) is 34.1. The van der Waals surface area contributed by atoms with E-state index in [9.17, 15) is 0 Å². The monoisotopic (exact) mass is 896 g/mol. The molecular weight excluding hydrogens is 861 g/mol. The minimum Gasteiger partial charge on any atom is -0.456 e. The maximum absolute atomic E-state index is 7.01. The number of hydrogen-bond donors (Lipinski definition) is 0. The van der Waals surface area contributed by atoms with Crippen LogP contribution in [0.5, 0.6) is 0 Å². The molecular formula is C63H36N4OS. The molecule has 0 radical (unpaired) electrons. The van der Waals surface area contributed by atoms with Crippen LogP contribution in [0, 0.1) is 0 Å².